The fraction of sp³-hybridized carbons (Fsp3) is 0.0714. The molecule has 2 N–H and O–H groups in total. The molecule has 20 heavy (non-hydrogen) atoms. The van der Waals surface area contributed by atoms with Gasteiger partial charge in [-0.2, -0.15) is 0 Å². The molecular weight excluding hydrogens is 349 g/mol. The van der Waals surface area contributed by atoms with E-state index in [0.717, 1.165) is 4.47 Å². The van der Waals surface area contributed by atoms with Gasteiger partial charge in [-0.05, 0) is 30.3 Å². The Labute approximate surface area is 128 Å². The van der Waals surface area contributed by atoms with Crippen LogP contribution in [0.4, 0.5) is 10.1 Å². The van der Waals surface area contributed by atoms with Crippen LogP contribution in [0.5, 0.6) is 0 Å². The van der Waals surface area contributed by atoms with Gasteiger partial charge < -0.3 is 10.4 Å². The van der Waals surface area contributed by atoms with E-state index in [1.807, 2.05) is 0 Å². The number of halogens is 3. The first-order valence-corrected chi connectivity index (χ1v) is 6.84. The summed E-state index contributed by atoms with van der Waals surface area (Å²) in [5.41, 5.74) is 0.781. The number of carboxylic acids is 1. The summed E-state index contributed by atoms with van der Waals surface area (Å²) in [5.74, 6) is -1.54. The van der Waals surface area contributed by atoms with Gasteiger partial charge in [-0.1, -0.05) is 39.7 Å². The summed E-state index contributed by atoms with van der Waals surface area (Å²) >= 11 is 9.32. The molecule has 104 valence electrons. The standard InChI is InChI=1S/C14H10BrClFNO2/c15-8-4-5-11(12(16)6-8)13(14(19)20)18-10-3-1-2-9(17)7-10/h1-7,13,18H,(H,19,20). The Bertz CT molecular complexity index is 651. The van der Waals surface area contributed by atoms with Gasteiger partial charge in [0.15, 0.2) is 6.04 Å². The van der Waals surface area contributed by atoms with Crippen molar-refractivity contribution in [2.24, 2.45) is 0 Å². The van der Waals surface area contributed by atoms with Crippen LogP contribution < -0.4 is 5.32 Å². The van der Waals surface area contributed by atoms with Crippen molar-refractivity contribution in [2.75, 3.05) is 5.32 Å². The Hall–Kier alpha value is -1.59. The SMILES string of the molecule is O=C(O)C(Nc1cccc(F)c1)c1ccc(Br)cc1Cl. The van der Waals surface area contributed by atoms with Gasteiger partial charge >= 0.3 is 5.97 Å². The summed E-state index contributed by atoms with van der Waals surface area (Å²) in [5, 5.41) is 12.4. The molecule has 3 nitrogen and oxygen atoms in total. The van der Waals surface area contributed by atoms with Gasteiger partial charge in [0.05, 0.1) is 0 Å². The van der Waals surface area contributed by atoms with E-state index in [4.69, 9.17) is 11.6 Å². The Balaban J connectivity index is 2.34. The second-order valence-electron chi connectivity index (χ2n) is 4.09. The summed E-state index contributed by atoms with van der Waals surface area (Å²) in [6, 6.07) is 9.46. The van der Waals surface area contributed by atoms with Crippen molar-refractivity contribution in [3.05, 3.63) is 63.3 Å². The van der Waals surface area contributed by atoms with Crippen LogP contribution >= 0.6 is 27.5 Å². The van der Waals surface area contributed by atoms with Gasteiger partial charge in [0.25, 0.3) is 0 Å². The molecular formula is C14H10BrClFNO2. The number of aliphatic carboxylic acids is 1. The minimum Gasteiger partial charge on any atom is -0.479 e. The maximum Gasteiger partial charge on any atom is 0.330 e. The first-order valence-electron chi connectivity index (χ1n) is 5.67. The van der Waals surface area contributed by atoms with Gasteiger partial charge in [0.2, 0.25) is 0 Å². The molecule has 0 saturated carbocycles. The van der Waals surface area contributed by atoms with E-state index in [9.17, 15) is 14.3 Å². The Morgan fingerprint density at radius 3 is 2.65 bits per heavy atom. The molecule has 0 aromatic heterocycles. The van der Waals surface area contributed by atoms with Crippen LogP contribution in [0, 0.1) is 5.82 Å². The van der Waals surface area contributed by atoms with E-state index < -0.39 is 17.8 Å². The zero-order valence-corrected chi connectivity index (χ0v) is 12.5. The van der Waals surface area contributed by atoms with Crippen LogP contribution in [0.1, 0.15) is 11.6 Å². The highest BCUT2D eigenvalue weighted by atomic mass is 79.9. The highest BCUT2D eigenvalue weighted by molar-refractivity contribution is 9.10. The monoisotopic (exact) mass is 357 g/mol. The van der Waals surface area contributed by atoms with E-state index in [1.54, 1.807) is 24.3 Å². The lowest BCUT2D eigenvalue weighted by Crippen LogP contribution is -2.20. The fourth-order valence-corrected chi connectivity index (χ4v) is 2.54. The minimum atomic E-state index is -1.10. The van der Waals surface area contributed by atoms with Crippen molar-refractivity contribution < 1.29 is 14.3 Å². The lowest BCUT2D eigenvalue weighted by Gasteiger charge is -2.17. The van der Waals surface area contributed by atoms with Crippen LogP contribution in [0.25, 0.3) is 0 Å². The molecule has 1 unspecified atom stereocenters. The van der Waals surface area contributed by atoms with Gasteiger partial charge in [0, 0.05) is 20.7 Å². The smallest absolute Gasteiger partial charge is 0.330 e. The number of hydrogen-bond acceptors (Lipinski definition) is 2. The molecule has 0 aliphatic rings. The molecule has 0 saturated heterocycles. The number of benzene rings is 2. The number of carbonyl (C=O) groups is 1. The van der Waals surface area contributed by atoms with Crippen molar-refractivity contribution >= 4 is 39.2 Å². The van der Waals surface area contributed by atoms with E-state index in [-0.39, 0.29) is 0 Å². The normalized spacial score (nSPS) is 11.9. The van der Waals surface area contributed by atoms with Gasteiger partial charge in [-0.3, -0.25) is 0 Å². The molecule has 1 atom stereocenters. The third kappa shape index (κ3) is 3.49. The number of hydrogen-bond donors (Lipinski definition) is 2. The first kappa shape index (κ1) is 14.8. The van der Waals surface area contributed by atoms with Crippen LogP contribution in [0.2, 0.25) is 5.02 Å². The Morgan fingerprint density at radius 1 is 1.30 bits per heavy atom. The highest BCUT2D eigenvalue weighted by Crippen LogP contribution is 2.29. The van der Waals surface area contributed by atoms with Crippen molar-refractivity contribution in [3.63, 3.8) is 0 Å². The van der Waals surface area contributed by atoms with E-state index in [0.29, 0.717) is 16.3 Å². The quantitative estimate of drug-likeness (QED) is 0.847. The van der Waals surface area contributed by atoms with Crippen molar-refractivity contribution in [3.8, 4) is 0 Å². The summed E-state index contributed by atoms with van der Waals surface area (Å²) in [7, 11) is 0. The summed E-state index contributed by atoms with van der Waals surface area (Å²) < 4.78 is 13.9. The van der Waals surface area contributed by atoms with Crippen LogP contribution in [-0.4, -0.2) is 11.1 Å². The molecule has 2 aromatic rings. The van der Waals surface area contributed by atoms with Gasteiger partial charge in [-0.25, -0.2) is 9.18 Å². The van der Waals surface area contributed by atoms with E-state index >= 15 is 0 Å². The predicted molar refractivity (Wildman–Crippen MR) is 79.6 cm³/mol. The van der Waals surface area contributed by atoms with Crippen LogP contribution in [-0.2, 0) is 4.79 Å². The second-order valence-corrected chi connectivity index (χ2v) is 5.41. The number of rotatable bonds is 4. The zero-order valence-electron chi connectivity index (χ0n) is 10.1. The first-order chi connectivity index (χ1) is 9.47. The molecule has 0 radical (unpaired) electrons. The fourth-order valence-electron chi connectivity index (χ4n) is 1.75. The third-order valence-corrected chi connectivity index (χ3v) is 3.48. The van der Waals surface area contributed by atoms with Crippen molar-refractivity contribution in [1.82, 2.24) is 0 Å². The molecule has 0 bridgehead atoms. The summed E-state index contributed by atoms with van der Waals surface area (Å²) in [4.78, 5) is 11.4. The van der Waals surface area contributed by atoms with Crippen LogP contribution in [0.15, 0.2) is 46.9 Å². The van der Waals surface area contributed by atoms with E-state index in [2.05, 4.69) is 21.2 Å². The Morgan fingerprint density at radius 2 is 2.05 bits per heavy atom. The lowest BCUT2D eigenvalue weighted by atomic mass is 10.1. The molecule has 0 spiro atoms. The topological polar surface area (TPSA) is 49.3 Å². The predicted octanol–water partition coefficient (Wildman–Crippen LogP) is 4.48. The maximum absolute atomic E-state index is 13.1. The third-order valence-electron chi connectivity index (χ3n) is 2.66. The van der Waals surface area contributed by atoms with Gasteiger partial charge in [0.1, 0.15) is 5.82 Å². The number of carboxylic acid groups (broad SMARTS) is 1. The number of anilines is 1. The molecule has 6 heteroatoms. The lowest BCUT2D eigenvalue weighted by molar-refractivity contribution is -0.138. The average Bonchev–Trinajstić information content (AvgIpc) is 2.36. The molecule has 0 amide bonds. The van der Waals surface area contributed by atoms with Gasteiger partial charge in [-0.15, -0.1) is 0 Å². The minimum absolute atomic E-state index is 0.315. The second kappa shape index (κ2) is 6.24. The maximum atomic E-state index is 13.1. The molecule has 0 fully saturated rings. The van der Waals surface area contributed by atoms with E-state index in [1.165, 1.54) is 18.2 Å². The molecule has 0 aliphatic carbocycles. The molecule has 0 heterocycles. The van der Waals surface area contributed by atoms with Crippen molar-refractivity contribution in [2.45, 2.75) is 6.04 Å². The summed E-state index contributed by atoms with van der Waals surface area (Å²) in [6.07, 6.45) is 0. The molecule has 2 aromatic carbocycles. The molecule has 2 rings (SSSR count). The van der Waals surface area contributed by atoms with Crippen LogP contribution in [0.3, 0.4) is 0 Å². The zero-order chi connectivity index (χ0) is 14.7. The Kier molecular flexibility index (Phi) is 4.62. The largest absolute Gasteiger partial charge is 0.479 e. The number of nitrogens with one attached hydrogen (secondary N) is 1. The summed E-state index contributed by atoms with van der Waals surface area (Å²) in [6.45, 7) is 0. The average molecular weight is 359 g/mol. The highest BCUT2D eigenvalue weighted by Gasteiger charge is 2.22. The van der Waals surface area contributed by atoms with Crippen molar-refractivity contribution in [1.29, 1.82) is 0 Å². The molecule has 0 aliphatic heterocycles.